The Morgan fingerprint density at radius 3 is 2.29 bits per heavy atom. The second-order valence-corrected chi connectivity index (χ2v) is 3.59. The molecule has 1 heterocycles. The van der Waals surface area contributed by atoms with Crippen LogP contribution in [0, 0.1) is 13.8 Å². The van der Waals surface area contributed by atoms with Crippen LogP contribution in [0.4, 0.5) is 5.69 Å². The highest BCUT2D eigenvalue weighted by atomic mass is 14.9. The van der Waals surface area contributed by atoms with Crippen LogP contribution < -0.4 is 5.73 Å². The summed E-state index contributed by atoms with van der Waals surface area (Å²) in [5.74, 6) is 0. The second kappa shape index (κ2) is 3.22. The third kappa shape index (κ3) is 1.39. The molecule has 2 N–H and O–H groups in total. The summed E-state index contributed by atoms with van der Waals surface area (Å²) >= 11 is 0. The molecule has 14 heavy (non-hydrogen) atoms. The van der Waals surface area contributed by atoms with Gasteiger partial charge >= 0.3 is 0 Å². The van der Waals surface area contributed by atoms with Crippen molar-refractivity contribution >= 4 is 5.69 Å². The molecule has 0 aliphatic carbocycles. The normalized spacial score (nSPS) is 10.4. The molecule has 2 heteroatoms. The molecule has 1 aromatic heterocycles. The standard InChI is InChI=1S/C12H14N2/c1-9-7-10(2)12(8-11(9)13)14-5-3-4-6-14/h3-8H,13H2,1-2H3. The maximum atomic E-state index is 5.88. The van der Waals surface area contributed by atoms with E-state index in [1.165, 1.54) is 5.56 Å². The number of aromatic nitrogens is 1. The van der Waals surface area contributed by atoms with E-state index in [0.717, 1.165) is 16.9 Å². The van der Waals surface area contributed by atoms with Gasteiger partial charge in [0.15, 0.2) is 0 Å². The Bertz CT molecular complexity index is 442. The predicted octanol–water partition coefficient (Wildman–Crippen LogP) is 2.68. The summed E-state index contributed by atoms with van der Waals surface area (Å²) in [5, 5.41) is 0. The predicted molar refractivity (Wildman–Crippen MR) is 59.7 cm³/mol. The van der Waals surface area contributed by atoms with Crippen LogP contribution in [0.15, 0.2) is 36.7 Å². The Balaban J connectivity index is 2.60. The highest BCUT2D eigenvalue weighted by molar-refractivity contribution is 5.57. The lowest BCUT2D eigenvalue weighted by molar-refractivity contribution is 1.06. The molecule has 2 rings (SSSR count). The molecule has 0 aliphatic rings. The monoisotopic (exact) mass is 186 g/mol. The van der Waals surface area contributed by atoms with Gasteiger partial charge in [-0.05, 0) is 43.2 Å². The lowest BCUT2D eigenvalue weighted by Gasteiger charge is -2.10. The lowest BCUT2D eigenvalue weighted by atomic mass is 10.1. The van der Waals surface area contributed by atoms with Crippen molar-refractivity contribution in [2.24, 2.45) is 0 Å². The number of rotatable bonds is 1. The Morgan fingerprint density at radius 2 is 1.64 bits per heavy atom. The summed E-state index contributed by atoms with van der Waals surface area (Å²) in [6.07, 6.45) is 4.05. The first-order chi connectivity index (χ1) is 6.68. The summed E-state index contributed by atoms with van der Waals surface area (Å²) in [4.78, 5) is 0. The third-order valence-corrected chi connectivity index (χ3v) is 2.47. The largest absolute Gasteiger partial charge is 0.398 e. The number of nitrogens with two attached hydrogens (primary N) is 1. The molecule has 0 bridgehead atoms. The molecular weight excluding hydrogens is 172 g/mol. The zero-order valence-electron chi connectivity index (χ0n) is 8.49. The summed E-state index contributed by atoms with van der Waals surface area (Å²) in [6.45, 7) is 4.13. The number of aryl methyl sites for hydroxylation is 2. The number of benzene rings is 1. The van der Waals surface area contributed by atoms with E-state index in [1.807, 2.05) is 37.5 Å². The summed E-state index contributed by atoms with van der Waals surface area (Å²) in [5.41, 5.74) is 10.3. The van der Waals surface area contributed by atoms with Crippen LogP contribution in [0.2, 0.25) is 0 Å². The Morgan fingerprint density at radius 1 is 1.00 bits per heavy atom. The van der Waals surface area contributed by atoms with Gasteiger partial charge in [0.1, 0.15) is 0 Å². The van der Waals surface area contributed by atoms with Gasteiger partial charge in [0.2, 0.25) is 0 Å². The van der Waals surface area contributed by atoms with Gasteiger partial charge < -0.3 is 10.3 Å². The third-order valence-electron chi connectivity index (χ3n) is 2.47. The van der Waals surface area contributed by atoms with Crippen molar-refractivity contribution in [1.29, 1.82) is 0 Å². The smallest absolute Gasteiger partial charge is 0.0499 e. The molecular formula is C12H14N2. The Labute approximate surface area is 84.0 Å². The molecule has 2 aromatic rings. The summed E-state index contributed by atoms with van der Waals surface area (Å²) in [6, 6.07) is 8.15. The van der Waals surface area contributed by atoms with Gasteiger partial charge in [-0.25, -0.2) is 0 Å². The summed E-state index contributed by atoms with van der Waals surface area (Å²) in [7, 11) is 0. The van der Waals surface area contributed by atoms with E-state index in [0.29, 0.717) is 0 Å². The van der Waals surface area contributed by atoms with Gasteiger partial charge in [-0.2, -0.15) is 0 Å². The van der Waals surface area contributed by atoms with Crippen LogP contribution in [0.3, 0.4) is 0 Å². The average Bonchev–Trinajstić information content (AvgIpc) is 2.64. The number of hydrogen-bond donors (Lipinski definition) is 1. The first-order valence-electron chi connectivity index (χ1n) is 4.68. The number of hydrogen-bond acceptors (Lipinski definition) is 1. The zero-order chi connectivity index (χ0) is 10.1. The molecule has 0 spiro atoms. The minimum atomic E-state index is 0.847. The Hall–Kier alpha value is -1.70. The molecule has 0 saturated heterocycles. The van der Waals surface area contributed by atoms with Crippen LogP contribution in [0.1, 0.15) is 11.1 Å². The molecule has 2 nitrogen and oxygen atoms in total. The van der Waals surface area contributed by atoms with Crippen molar-refractivity contribution in [3.8, 4) is 5.69 Å². The van der Waals surface area contributed by atoms with Gasteiger partial charge in [0.25, 0.3) is 0 Å². The van der Waals surface area contributed by atoms with Crippen molar-refractivity contribution in [2.45, 2.75) is 13.8 Å². The Kier molecular flexibility index (Phi) is 2.04. The first kappa shape index (κ1) is 8.88. The molecule has 0 unspecified atom stereocenters. The number of nitrogen functional groups attached to an aromatic ring is 1. The van der Waals surface area contributed by atoms with Crippen LogP contribution >= 0.6 is 0 Å². The fourth-order valence-electron chi connectivity index (χ4n) is 1.63. The van der Waals surface area contributed by atoms with Crippen LogP contribution in [0.5, 0.6) is 0 Å². The molecule has 0 atom stereocenters. The van der Waals surface area contributed by atoms with E-state index in [2.05, 4.69) is 17.6 Å². The highest BCUT2D eigenvalue weighted by Gasteiger charge is 2.02. The molecule has 0 fully saturated rings. The lowest BCUT2D eigenvalue weighted by Crippen LogP contribution is -1.98. The van der Waals surface area contributed by atoms with Gasteiger partial charge in [-0.15, -0.1) is 0 Å². The SMILES string of the molecule is Cc1cc(C)c(-n2cccc2)cc1N. The van der Waals surface area contributed by atoms with E-state index < -0.39 is 0 Å². The first-order valence-corrected chi connectivity index (χ1v) is 4.68. The van der Waals surface area contributed by atoms with Crippen molar-refractivity contribution in [3.63, 3.8) is 0 Å². The average molecular weight is 186 g/mol. The molecule has 0 radical (unpaired) electrons. The second-order valence-electron chi connectivity index (χ2n) is 3.59. The minimum absolute atomic E-state index is 0.847. The minimum Gasteiger partial charge on any atom is -0.398 e. The zero-order valence-corrected chi connectivity index (χ0v) is 8.49. The number of nitrogens with zero attached hydrogens (tertiary/aromatic N) is 1. The topological polar surface area (TPSA) is 30.9 Å². The summed E-state index contributed by atoms with van der Waals surface area (Å²) < 4.78 is 2.07. The highest BCUT2D eigenvalue weighted by Crippen LogP contribution is 2.21. The van der Waals surface area contributed by atoms with Gasteiger partial charge in [-0.1, -0.05) is 6.07 Å². The number of anilines is 1. The van der Waals surface area contributed by atoms with Crippen molar-refractivity contribution in [3.05, 3.63) is 47.8 Å². The van der Waals surface area contributed by atoms with Crippen molar-refractivity contribution in [2.75, 3.05) is 5.73 Å². The van der Waals surface area contributed by atoms with Gasteiger partial charge in [0.05, 0.1) is 0 Å². The molecule has 0 saturated carbocycles. The van der Waals surface area contributed by atoms with Crippen LogP contribution in [-0.4, -0.2) is 4.57 Å². The van der Waals surface area contributed by atoms with Crippen molar-refractivity contribution in [1.82, 2.24) is 4.57 Å². The fraction of sp³-hybridized carbons (Fsp3) is 0.167. The molecule has 1 aromatic carbocycles. The van der Waals surface area contributed by atoms with E-state index in [-0.39, 0.29) is 0 Å². The van der Waals surface area contributed by atoms with Gasteiger partial charge in [-0.3, -0.25) is 0 Å². The maximum absolute atomic E-state index is 5.88. The quantitative estimate of drug-likeness (QED) is 0.682. The van der Waals surface area contributed by atoms with Crippen molar-refractivity contribution < 1.29 is 0 Å². The molecule has 0 aliphatic heterocycles. The maximum Gasteiger partial charge on any atom is 0.0499 e. The van der Waals surface area contributed by atoms with Crippen LogP contribution in [-0.2, 0) is 0 Å². The molecule has 0 amide bonds. The van der Waals surface area contributed by atoms with E-state index >= 15 is 0 Å². The van der Waals surface area contributed by atoms with E-state index in [9.17, 15) is 0 Å². The van der Waals surface area contributed by atoms with Gasteiger partial charge in [0, 0.05) is 23.8 Å². The fourth-order valence-corrected chi connectivity index (χ4v) is 1.63. The molecule has 72 valence electrons. The van der Waals surface area contributed by atoms with E-state index in [4.69, 9.17) is 5.73 Å². The van der Waals surface area contributed by atoms with E-state index in [1.54, 1.807) is 0 Å². The van der Waals surface area contributed by atoms with Crippen LogP contribution in [0.25, 0.3) is 5.69 Å².